The van der Waals surface area contributed by atoms with Gasteiger partial charge in [0.05, 0.1) is 11.7 Å². The Morgan fingerprint density at radius 1 is 1.47 bits per heavy atom. The summed E-state index contributed by atoms with van der Waals surface area (Å²) >= 11 is 0. The van der Waals surface area contributed by atoms with Gasteiger partial charge in [0.1, 0.15) is 5.60 Å². The highest BCUT2D eigenvalue weighted by atomic mass is 16.6. The highest BCUT2D eigenvalue weighted by Crippen LogP contribution is 2.33. The Labute approximate surface area is 114 Å². The Balaban J connectivity index is 2.15. The first-order valence-electron chi connectivity index (χ1n) is 6.86. The summed E-state index contributed by atoms with van der Waals surface area (Å²) < 4.78 is 5.50. The van der Waals surface area contributed by atoms with Gasteiger partial charge in [-0.3, -0.25) is 10.00 Å². The van der Waals surface area contributed by atoms with Gasteiger partial charge in [0, 0.05) is 12.7 Å². The van der Waals surface area contributed by atoms with Crippen LogP contribution in [0.1, 0.15) is 52.3 Å². The predicted molar refractivity (Wildman–Crippen MR) is 72.7 cm³/mol. The first kappa shape index (κ1) is 13.9. The van der Waals surface area contributed by atoms with Gasteiger partial charge in [-0.1, -0.05) is 6.92 Å². The number of carbonyl (C=O) groups excluding carboxylic acids is 1. The summed E-state index contributed by atoms with van der Waals surface area (Å²) in [5.74, 6) is 0.503. The minimum Gasteiger partial charge on any atom is -0.444 e. The second-order valence-corrected chi connectivity index (χ2v) is 6.33. The first-order valence-corrected chi connectivity index (χ1v) is 6.86. The lowest BCUT2D eigenvalue weighted by Gasteiger charge is -2.38. The molecule has 0 bridgehead atoms. The average Bonchev–Trinajstić information content (AvgIpc) is 2.80. The van der Waals surface area contributed by atoms with E-state index >= 15 is 0 Å². The van der Waals surface area contributed by atoms with Crippen molar-refractivity contribution in [1.82, 2.24) is 15.1 Å². The van der Waals surface area contributed by atoms with Crippen LogP contribution >= 0.6 is 0 Å². The first-order chi connectivity index (χ1) is 8.87. The number of hydrogen-bond donors (Lipinski definition) is 1. The second-order valence-electron chi connectivity index (χ2n) is 6.33. The Hall–Kier alpha value is -1.52. The van der Waals surface area contributed by atoms with Crippen LogP contribution in [0.5, 0.6) is 0 Å². The number of likely N-dealkylation sites (tertiary alicyclic amines) is 1. The van der Waals surface area contributed by atoms with Gasteiger partial charge in [-0.2, -0.15) is 5.10 Å². The molecule has 0 radical (unpaired) electrons. The molecule has 0 aromatic carbocycles. The topological polar surface area (TPSA) is 58.2 Å². The van der Waals surface area contributed by atoms with Gasteiger partial charge in [-0.25, -0.2) is 4.79 Å². The number of amides is 1. The highest BCUT2D eigenvalue weighted by molar-refractivity contribution is 5.69. The van der Waals surface area contributed by atoms with Crippen molar-refractivity contribution in [3.05, 3.63) is 18.0 Å². The van der Waals surface area contributed by atoms with Gasteiger partial charge in [-0.05, 0) is 45.6 Å². The maximum absolute atomic E-state index is 12.3. The number of hydrogen-bond acceptors (Lipinski definition) is 3. The quantitative estimate of drug-likeness (QED) is 0.848. The SMILES string of the molecule is C[C@@H]1CC[C@@H](c2cc[nH]n2)N(C(=O)OC(C)(C)C)C1. The summed E-state index contributed by atoms with van der Waals surface area (Å²) in [5, 5.41) is 7.04. The van der Waals surface area contributed by atoms with E-state index in [9.17, 15) is 4.79 Å². The van der Waals surface area contributed by atoms with Gasteiger partial charge >= 0.3 is 6.09 Å². The third kappa shape index (κ3) is 3.49. The molecule has 0 unspecified atom stereocenters. The van der Waals surface area contributed by atoms with E-state index in [1.165, 1.54) is 0 Å². The average molecular weight is 265 g/mol. The molecule has 5 nitrogen and oxygen atoms in total. The molecular formula is C14H23N3O2. The molecule has 1 fully saturated rings. The maximum Gasteiger partial charge on any atom is 0.410 e. The standard InChI is InChI=1S/C14H23N3O2/c1-10-5-6-12(11-7-8-15-16-11)17(9-10)13(18)19-14(2,3)4/h7-8,10,12H,5-6,9H2,1-4H3,(H,15,16)/t10-,12+/m1/s1. The summed E-state index contributed by atoms with van der Waals surface area (Å²) in [6, 6.07) is 1.95. The number of H-pyrrole nitrogens is 1. The normalized spacial score (nSPS) is 24.3. The molecule has 0 saturated carbocycles. The van der Waals surface area contributed by atoms with Gasteiger partial charge < -0.3 is 4.74 Å². The van der Waals surface area contributed by atoms with E-state index < -0.39 is 5.60 Å². The van der Waals surface area contributed by atoms with Crippen molar-refractivity contribution >= 4 is 6.09 Å². The molecule has 2 rings (SSSR count). The van der Waals surface area contributed by atoms with Gasteiger partial charge in [-0.15, -0.1) is 0 Å². The molecule has 106 valence electrons. The van der Waals surface area contributed by atoms with Crippen molar-refractivity contribution in [1.29, 1.82) is 0 Å². The Morgan fingerprint density at radius 3 is 2.79 bits per heavy atom. The fraction of sp³-hybridized carbons (Fsp3) is 0.714. The van der Waals surface area contributed by atoms with Crippen LogP contribution < -0.4 is 0 Å². The number of nitrogens with one attached hydrogen (secondary N) is 1. The highest BCUT2D eigenvalue weighted by Gasteiger charge is 2.34. The van der Waals surface area contributed by atoms with Crippen LogP contribution in [0.25, 0.3) is 0 Å². The smallest absolute Gasteiger partial charge is 0.410 e. The van der Waals surface area contributed by atoms with Crippen LogP contribution in [0.4, 0.5) is 4.79 Å². The van der Waals surface area contributed by atoms with Crippen molar-refractivity contribution in [2.75, 3.05) is 6.54 Å². The van der Waals surface area contributed by atoms with E-state index in [4.69, 9.17) is 4.74 Å². The molecule has 1 aliphatic rings. The Morgan fingerprint density at radius 2 is 2.21 bits per heavy atom. The predicted octanol–water partition coefficient (Wildman–Crippen LogP) is 3.12. The van der Waals surface area contributed by atoms with E-state index in [0.717, 1.165) is 25.1 Å². The maximum atomic E-state index is 12.3. The van der Waals surface area contributed by atoms with E-state index in [1.54, 1.807) is 6.20 Å². The molecule has 19 heavy (non-hydrogen) atoms. The largest absolute Gasteiger partial charge is 0.444 e. The zero-order valence-corrected chi connectivity index (χ0v) is 12.1. The molecule has 1 aliphatic heterocycles. The molecular weight excluding hydrogens is 242 g/mol. The van der Waals surface area contributed by atoms with Crippen LogP contribution in [-0.2, 0) is 4.74 Å². The molecule has 2 atom stereocenters. The molecule has 1 saturated heterocycles. The summed E-state index contributed by atoms with van der Waals surface area (Å²) in [7, 11) is 0. The van der Waals surface area contributed by atoms with Crippen LogP contribution in [0.3, 0.4) is 0 Å². The number of piperidine rings is 1. The number of nitrogens with zero attached hydrogens (tertiary/aromatic N) is 2. The number of rotatable bonds is 1. The minimum atomic E-state index is -0.464. The number of aromatic amines is 1. The van der Waals surface area contributed by atoms with Gasteiger partial charge in [0.25, 0.3) is 0 Å². The van der Waals surface area contributed by atoms with Crippen molar-refractivity contribution in [3.8, 4) is 0 Å². The fourth-order valence-corrected chi connectivity index (χ4v) is 2.44. The molecule has 1 amide bonds. The number of ether oxygens (including phenoxy) is 1. The Kier molecular flexibility index (Phi) is 3.83. The number of carbonyl (C=O) groups is 1. The fourth-order valence-electron chi connectivity index (χ4n) is 2.44. The zero-order chi connectivity index (χ0) is 14.0. The monoisotopic (exact) mass is 265 g/mol. The molecule has 0 spiro atoms. The van der Waals surface area contributed by atoms with Crippen molar-refractivity contribution in [2.24, 2.45) is 5.92 Å². The number of aromatic nitrogens is 2. The summed E-state index contributed by atoms with van der Waals surface area (Å²) in [6.45, 7) is 8.57. The summed E-state index contributed by atoms with van der Waals surface area (Å²) in [5.41, 5.74) is 0.450. The van der Waals surface area contributed by atoms with E-state index in [-0.39, 0.29) is 12.1 Å². The van der Waals surface area contributed by atoms with E-state index in [1.807, 2.05) is 31.7 Å². The Bertz CT molecular complexity index is 422. The lowest BCUT2D eigenvalue weighted by Crippen LogP contribution is -2.44. The molecule has 2 heterocycles. The van der Waals surface area contributed by atoms with E-state index in [0.29, 0.717) is 5.92 Å². The molecule has 5 heteroatoms. The molecule has 1 aromatic rings. The minimum absolute atomic E-state index is 0.0253. The third-order valence-corrected chi connectivity index (χ3v) is 3.31. The van der Waals surface area contributed by atoms with Gasteiger partial charge in [0.2, 0.25) is 0 Å². The lowest BCUT2D eigenvalue weighted by atomic mass is 9.93. The molecule has 0 aliphatic carbocycles. The van der Waals surface area contributed by atoms with Crippen LogP contribution in [0, 0.1) is 5.92 Å². The van der Waals surface area contributed by atoms with Crippen LogP contribution in [0.15, 0.2) is 12.3 Å². The van der Waals surface area contributed by atoms with E-state index in [2.05, 4.69) is 17.1 Å². The van der Waals surface area contributed by atoms with Crippen molar-refractivity contribution in [2.45, 2.75) is 52.2 Å². The van der Waals surface area contributed by atoms with Crippen LogP contribution in [0.2, 0.25) is 0 Å². The third-order valence-electron chi connectivity index (χ3n) is 3.31. The summed E-state index contributed by atoms with van der Waals surface area (Å²) in [6.07, 6.45) is 3.59. The van der Waals surface area contributed by atoms with Crippen molar-refractivity contribution < 1.29 is 9.53 Å². The zero-order valence-electron chi connectivity index (χ0n) is 12.1. The molecule has 1 aromatic heterocycles. The molecule has 1 N–H and O–H groups in total. The lowest BCUT2D eigenvalue weighted by molar-refractivity contribution is 0.00306. The van der Waals surface area contributed by atoms with Crippen molar-refractivity contribution in [3.63, 3.8) is 0 Å². The summed E-state index contributed by atoms with van der Waals surface area (Å²) in [4.78, 5) is 14.1. The second kappa shape index (κ2) is 5.23. The van der Waals surface area contributed by atoms with Crippen LogP contribution in [-0.4, -0.2) is 33.3 Å². The van der Waals surface area contributed by atoms with Gasteiger partial charge in [0.15, 0.2) is 0 Å².